The fraction of sp³-hybridized carbons (Fsp3) is 0.310. The van der Waals surface area contributed by atoms with Crippen molar-refractivity contribution in [2.75, 3.05) is 13.2 Å². The predicted molar refractivity (Wildman–Crippen MR) is 136 cm³/mol. The smallest absolute Gasteiger partial charge is 0.261 e. The molecule has 5 heteroatoms. The Hall–Kier alpha value is -3.60. The van der Waals surface area contributed by atoms with Crippen LogP contribution in [0.25, 0.3) is 0 Å². The van der Waals surface area contributed by atoms with E-state index in [1.807, 2.05) is 99.6 Å². The Morgan fingerprint density at radius 3 is 2.18 bits per heavy atom. The number of carbonyl (C=O) groups excluding carboxylic acids is 2. The van der Waals surface area contributed by atoms with Gasteiger partial charge in [-0.1, -0.05) is 79.7 Å². The molecule has 0 saturated heterocycles. The molecular formula is C29H34N2O3. The van der Waals surface area contributed by atoms with Crippen molar-refractivity contribution in [2.24, 2.45) is 0 Å². The molecule has 0 spiro atoms. The summed E-state index contributed by atoms with van der Waals surface area (Å²) >= 11 is 0. The first-order valence-corrected chi connectivity index (χ1v) is 11.8. The lowest BCUT2D eigenvalue weighted by molar-refractivity contribution is -0.142. The number of rotatable bonds is 11. The number of aryl methyl sites for hydroxylation is 1. The zero-order chi connectivity index (χ0) is 24.3. The maximum Gasteiger partial charge on any atom is 0.261 e. The van der Waals surface area contributed by atoms with E-state index in [1.165, 1.54) is 0 Å². The fourth-order valence-corrected chi connectivity index (χ4v) is 3.80. The summed E-state index contributed by atoms with van der Waals surface area (Å²) < 4.78 is 5.94. The lowest BCUT2D eigenvalue weighted by Gasteiger charge is -2.31. The Morgan fingerprint density at radius 2 is 1.53 bits per heavy atom. The van der Waals surface area contributed by atoms with Gasteiger partial charge in [0.1, 0.15) is 11.8 Å². The molecule has 0 aliphatic rings. The second kappa shape index (κ2) is 12.6. The summed E-state index contributed by atoms with van der Waals surface area (Å²) in [5.74, 6) is 0.308. The number of amides is 2. The molecule has 0 bridgehead atoms. The quantitative estimate of drug-likeness (QED) is 0.447. The van der Waals surface area contributed by atoms with E-state index in [2.05, 4.69) is 5.32 Å². The summed E-state index contributed by atoms with van der Waals surface area (Å²) in [6.45, 7) is 6.76. The first kappa shape index (κ1) is 25.0. The molecular weight excluding hydrogens is 424 g/mol. The van der Waals surface area contributed by atoms with Crippen LogP contribution in [0.5, 0.6) is 5.75 Å². The highest BCUT2D eigenvalue weighted by Crippen LogP contribution is 2.21. The van der Waals surface area contributed by atoms with Crippen molar-refractivity contribution in [3.05, 3.63) is 101 Å². The number of hydrogen-bond acceptors (Lipinski definition) is 3. The topological polar surface area (TPSA) is 58.6 Å². The molecule has 1 atom stereocenters. The van der Waals surface area contributed by atoms with Crippen LogP contribution in [0.3, 0.4) is 0 Å². The van der Waals surface area contributed by atoms with Crippen molar-refractivity contribution in [3.63, 3.8) is 0 Å². The van der Waals surface area contributed by atoms with E-state index < -0.39 is 6.04 Å². The Labute approximate surface area is 202 Å². The first-order chi connectivity index (χ1) is 16.5. The monoisotopic (exact) mass is 458 g/mol. The van der Waals surface area contributed by atoms with Crippen molar-refractivity contribution >= 4 is 11.8 Å². The van der Waals surface area contributed by atoms with E-state index >= 15 is 0 Å². The number of nitrogens with one attached hydrogen (secondary N) is 1. The van der Waals surface area contributed by atoms with E-state index in [0.717, 1.165) is 28.7 Å². The summed E-state index contributed by atoms with van der Waals surface area (Å²) in [5.41, 5.74) is 4.07. The molecule has 0 saturated carbocycles. The number of ether oxygens (including phenoxy) is 1. The molecule has 0 aromatic heterocycles. The highest BCUT2D eigenvalue weighted by molar-refractivity contribution is 5.88. The Kier molecular flexibility index (Phi) is 9.27. The molecule has 3 rings (SSSR count). The van der Waals surface area contributed by atoms with Crippen molar-refractivity contribution in [1.82, 2.24) is 10.2 Å². The largest absolute Gasteiger partial charge is 0.483 e. The minimum absolute atomic E-state index is 0.135. The third-order valence-corrected chi connectivity index (χ3v) is 5.92. The van der Waals surface area contributed by atoms with E-state index in [9.17, 15) is 9.59 Å². The summed E-state index contributed by atoms with van der Waals surface area (Å²) in [4.78, 5) is 28.5. The van der Waals surface area contributed by atoms with Crippen LogP contribution in [-0.4, -0.2) is 35.9 Å². The van der Waals surface area contributed by atoms with Crippen LogP contribution < -0.4 is 10.1 Å². The van der Waals surface area contributed by atoms with E-state index in [-0.39, 0.29) is 18.4 Å². The molecule has 34 heavy (non-hydrogen) atoms. The summed E-state index contributed by atoms with van der Waals surface area (Å²) in [6, 6.07) is 24.7. The molecule has 0 radical (unpaired) electrons. The van der Waals surface area contributed by atoms with Crippen molar-refractivity contribution in [3.8, 4) is 5.75 Å². The normalized spacial score (nSPS) is 11.5. The van der Waals surface area contributed by atoms with Gasteiger partial charge in [0.2, 0.25) is 5.91 Å². The SMILES string of the molecule is CCCNC(=O)[C@@H](Cc1ccccc1)N(Cc1ccccc1)C(=O)COc1cccc(C)c1C. The highest BCUT2D eigenvalue weighted by Gasteiger charge is 2.30. The van der Waals surface area contributed by atoms with E-state index in [4.69, 9.17) is 4.74 Å². The molecule has 0 fully saturated rings. The average molecular weight is 459 g/mol. The fourth-order valence-electron chi connectivity index (χ4n) is 3.80. The van der Waals surface area contributed by atoms with Crippen molar-refractivity contribution in [1.29, 1.82) is 0 Å². The zero-order valence-corrected chi connectivity index (χ0v) is 20.3. The molecule has 2 amide bonds. The lowest BCUT2D eigenvalue weighted by Crippen LogP contribution is -2.51. The third-order valence-electron chi connectivity index (χ3n) is 5.92. The Bertz CT molecular complexity index is 1070. The van der Waals surface area contributed by atoms with Crippen LogP contribution in [0.2, 0.25) is 0 Å². The van der Waals surface area contributed by atoms with Gasteiger partial charge in [0.25, 0.3) is 5.91 Å². The second-order valence-electron chi connectivity index (χ2n) is 8.49. The molecule has 0 heterocycles. The van der Waals surface area contributed by atoms with Gasteiger partial charge in [0.15, 0.2) is 6.61 Å². The Morgan fingerprint density at radius 1 is 0.882 bits per heavy atom. The number of benzene rings is 3. The van der Waals surface area contributed by atoms with Crippen LogP contribution in [0.4, 0.5) is 0 Å². The first-order valence-electron chi connectivity index (χ1n) is 11.8. The highest BCUT2D eigenvalue weighted by atomic mass is 16.5. The molecule has 178 valence electrons. The van der Waals surface area contributed by atoms with Gasteiger partial charge in [0, 0.05) is 19.5 Å². The van der Waals surface area contributed by atoms with Crippen molar-refractivity contribution in [2.45, 2.75) is 46.2 Å². The second-order valence-corrected chi connectivity index (χ2v) is 8.49. The lowest BCUT2D eigenvalue weighted by atomic mass is 10.0. The van der Waals surface area contributed by atoms with E-state index in [1.54, 1.807) is 4.90 Å². The minimum Gasteiger partial charge on any atom is -0.483 e. The standard InChI is InChI=1S/C29H34N2O3/c1-4-18-30-29(33)26(19-24-13-7-5-8-14-24)31(20-25-15-9-6-10-16-25)28(32)21-34-27-17-11-12-22(2)23(27)3/h5-17,26H,4,18-21H2,1-3H3,(H,30,33)/t26-/m1/s1. The predicted octanol–water partition coefficient (Wildman–Crippen LogP) is 4.85. The van der Waals surface area contributed by atoms with Gasteiger partial charge in [-0.15, -0.1) is 0 Å². The van der Waals surface area contributed by atoms with Crippen molar-refractivity contribution < 1.29 is 14.3 Å². The summed E-state index contributed by atoms with van der Waals surface area (Å²) in [6.07, 6.45) is 1.25. The van der Waals surface area contributed by atoms with Crippen LogP contribution >= 0.6 is 0 Å². The zero-order valence-electron chi connectivity index (χ0n) is 20.3. The summed E-state index contributed by atoms with van der Waals surface area (Å²) in [7, 11) is 0. The van der Waals surface area contributed by atoms with Gasteiger partial charge in [-0.3, -0.25) is 9.59 Å². The van der Waals surface area contributed by atoms with Gasteiger partial charge >= 0.3 is 0 Å². The average Bonchev–Trinajstić information content (AvgIpc) is 2.86. The Balaban J connectivity index is 1.88. The van der Waals surface area contributed by atoms with Gasteiger partial charge in [-0.2, -0.15) is 0 Å². The minimum atomic E-state index is -0.649. The third kappa shape index (κ3) is 6.95. The molecule has 3 aromatic carbocycles. The van der Waals surface area contributed by atoms with Crippen LogP contribution in [0, 0.1) is 13.8 Å². The molecule has 1 N–H and O–H groups in total. The molecule has 0 unspecified atom stereocenters. The van der Waals surface area contributed by atoms with E-state index in [0.29, 0.717) is 25.3 Å². The van der Waals surface area contributed by atoms with Gasteiger partial charge < -0.3 is 15.0 Å². The molecule has 0 aliphatic carbocycles. The van der Waals surface area contributed by atoms with Gasteiger partial charge in [0.05, 0.1) is 0 Å². The number of carbonyl (C=O) groups is 2. The van der Waals surface area contributed by atoms with Crippen LogP contribution in [0.1, 0.15) is 35.6 Å². The van der Waals surface area contributed by atoms with Crippen LogP contribution in [-0.2, 0) is 22.6 Å². The maximum atomic E-state index is 13.5. The van der Waals surface area contributed by atoms with Crippen LogP contribution in [0.15, 0.2) is 78.9 Å². The van der Waals surface area contributed by atoms with Gasteiger partial charge in [-0.05, 0) is 48.6 Å². The maximum absolute atomic E-state index is 13.5. The molecule has 3 aromatic rings. The number of hydrogen-bond donors (Lipinski definition) is 1. The number of nitrogens with zero attached hydrogens (tertiary/aromatic N) is 1. The summed E-state index contributed by atoms with van der Waals surface area (Å²) in [5, 5.41) is 2.99. The van der Waals surface area contributed by atoms with Gasteiger partial charge in [-0.25, -0.2) is 0 Å². The molecule has 0 aliphatic heterocycles. The molecule has 5 nitrogen and oxygen atoms in total.